The van der Waals surface area contributed by atoms with E-state index in [-0.39, 0.29) is 5.15 Å². The third-order valence-electron chi connectivity index (χ3n) is 3.20. The summed E-state index contributed by atoms with van der Waals surface area (Å²) in [5.41, 5.74) is 1.51. The molecule has 1 unspecified atom stereocenters. The molecule has 0 radical (unpaired) electrons. The summed E-state index contributed by atoms with van der Waals surface area (Å²) in [4.78, 5) is 8.18. The zero-order chi connectivity index (χ0) is 16.3. The van der Waals surface area contributed by atoms with Crippen molar-refractivity contribution in [2.24, 2.45) is 0 Å². The molecule has 1 atom stereocenters. The SMILES string of the molecule is COc1cc(C(O)(OC)c2cc(C)nc(Cl)c2)cc(OC)n1. The normalized spacial score (nSPS) is 13.5. The summed E-state index contributed by atoms with van der Waals surface area (Å²) in [5, 5.41) is 11.3. The Kier molecular flexibility index (Phi) is 4.85. The predicted octanol–water partition coefficient (Wildman–Crippen LogP) is 2.30. The standard InChI is InChI=1S/C15H17ClN2O4/c1-9-5-10(6-12(16)17-9)15(19,22-4)11-7-13(20-2)18-14(8-11)21-3/h5-8,19H,1-4H3. The average Bonchev–Trinajstić information content (AvgIpc) is 2.52. The molecule has 22 heavy (non-hydrogen) atoms. The maximum absolute atomic E-state index is 11.0. The lowest BCUT2D eigenvalue weighted by atomic mass is 9.98. The molecule has 0 aliphatic rings. The van der Waals surface area contributed by atoms with E-state index in [2.05, 4.69) is 9.97 Å². The Morgan fingerprint density at radius 1 is 0.955 bits per heavy atom. The molecule has 0 saturated carbocycles. The van der Waals surface area contributed by atoms with Crippen LogP contribution in [0.15, 0.2) is 24.3 Å². The van der Waals surface area contributed by atoms with E-state index in [1.165, 1.54) is 27.4 Å². The molecule has 0 saturated heterocycles. The molecule has 0 fully saturated rings. The minimum atomic E-state index is -1.74. The van der Waals surface area contributed by atoms with Crippen molar-refractivity contribution in [2.45, 2.75) is 12.7 Å². The number of hydrogen-bond acceptors (Lipinski definition) is 6. The van der Waals surface area contributed by atoms with Crippen LogP contribution in [0, 0.1) is 6.92 Å². The Morgan fingerprint density at radius 3 is 1.95 bits per heavy atom. The molecule has 2 aromatic rings. The van der Waals surface area contributed by atoms with Crippen LogP contribution in [-0.2, 0) is 10.5 Å². The van der Waals surface area contributed by atoms with Gasteiger partial charge in [-0.1, -0.05) is 11.6 Å². The minimum Gasteiger partial charge on any atom is -0.481 e. The Morgan fingerprint density at radius 2 is 1.50 bits per heavy atom. The molecule has 7 heteroatoms. The minimum absolute atomic E-state index is 0.262. The quantitative estimate of drug-likeness (QED) is 0.672. The first-order valence-electron chi connectivity index (χ1n) is 6.45. The van der Waals surface area contributed by atoms with Crippen LogP contribution in [0.2, 0.25) is 5.15 Å². The highest BCUT2D eigenvalue weighted by Gasteiger charge is 2.34. The Balaban J connectivity index is 2.63. The van der Waals surface area contributed by atoms with Crippen molar-refractivity contribution in [1.82, 2.24) is 9.97 Å². The van der Waals surface area contributed by atoms with Gasteiger partial charge in [-0.2, -0.15) is 4.98 Å². The zero-order valence-electron chi connectivity index (χ0n) is 12.8. The van der Waals surface area contributed by atoms with Crippen LogP contribution in [0.3, 0.4) is 0 Å². The van der Waals surface area contributed by atoms with Crippen LogP contribution >= 0.6 is 11.6 Å². The van der Waals surface area contributed by atoms with Crippen molar-refractivity contribution < 1.29 is 19.3 Å². The van der Waals surface area contributed by atoms with E-state index in [0.29, 0.717) is 28.6 Å². The van der Waals surface area contributed by atoms with Crippen LogP contribution in [-0.4, -0.2) is 36.4 Å². The van der Waals surface area contributed by atoms with Gasteiger partial charge in [-0.15, -0.1) is 0 Å². The number of methoxy groups -OCH3 is 3. The second kappa shape index (κ2) is 6.48. The fourth-order valence-electron chi connectivity index (χ4n) is 2.11. The first-order valence-corrected chi connectivity index (χ1v) is 6.83. The molecule has 6 nitrogen and oxygen atoms in total. The van der Waals surface area contributed by atoms with Gasteiger partial charge in [0.05, 0.1) is 14.2 Å². The Bertz CT molecular complexity index is 638. The van der Waals surface area contributed by atoms with Gasteiger partial charge in [0.25, 0.3) is 0 Å². The third kappa shape index (κ3) is 3.14. The number of ether oxygens (including phenoxy) is 3. The van der Waals surface area contributed by atoms with Crippen LogP contribution in [0.1, 0.15) is 16.8 Å². The van der Waals surface area contributed by atoms with E-state index in [1.54, 1.807) is 25.1 Å². The third-order valence-corrected chi connectivity index (χ3v) is 3.39. The molecule has 118 valence electrons. The summed E-state index contributed by atoms with van der Waals surface area (Å²) >= 11 is 5.98. The molecule has 0 amide bonds. The predicted molar refractivity (Wildman–Crippen MR) is 81.3 cm³/mol. The molecule has 0 aliphatic heterocycles. The fraction of sp³-hybridized carbons (Fsp3) is 0.333. The molecule has 2 heterocycles. The Labute approximate surface area is 133 Å². The number of aryl methyl sites for hydroxylation is 1. The summed E-state index contributed by atoms with van der Waals surface area (Å²) < 4.78 is 15.6. The molecule has 0 aromatic carbocycles. The first kappa shape index (κ1) is 16.5. The highest BCUT2D eigenvalue weighted by Crippen LogP contribution is 2.34. The van der Waals surface area contributed by atoms with Gasteiger partial charge in [0.1, 0.15) is 5.15 Å². The second-order valence-corrected chi connectivity index (χ2v) is 5.00. The van der Waals surface area contributed by atoms with E-state index in [9.17, 15) is 5.11 Å². The number of pyridine rings is 2. The van der Waals surface area contributed by atoms with E-state index < -0.39 is 5.79 Å². The zero-order valence-corrected chi connectivity index (χ0v) is 13.5. The number of aliphatic hydroxyl groups is 1. The first-order chi connectivity index (χ1) is 10.4. The molecular formula is C15H17ClN2O4. The molecule has 0 spiro atoms. The van der Waals surface area contributed by atoms with Crippen molar-refractivity contribution in [3.63, 3.8) is 0 Å². The topological polar surface area (TPSA) is 73.7 Å². The van der Waals surface area contributed by atoms with E-state index in [4.69, 9.17) is 25.8 Å². The van der Waals surface area contributed by atoms with Crippen molar-refractivity contribution in [2.75, 3.05) is 21.3 Å². The highest BCUT2D eigenvalue weighted by molar-refractivity contribution is 6.29. The van der Waals surface area contributed by atoms with Gasteiger partial charge >= 0.3 is 0 Å². The maximum atomic E-state index is 11.0. The lowest BCUT2D eigenvalue weighted by Crippen LogP contribution is -2.30. The lowest BCUT2D eigenvalue weighted by Gasteiger charge is -2.28. The summed E-state index contributed by atoms with van der Waals surface area (Å²) in [6.45, 7) is 1.78. The van der Waals surface area contributed by atoms with Crippen LogP contribution in [0.5, 0.6) is 11.8 Å². The van der Waals surface area contributed by atoms with Crippen molar-refractivity contribution in [3.8, 4) is 11.8 Å². The van der Waals surface area contributed by atoms with Crippen LogP contribution in [0.25, 0.3) is 0 Å². The van der Waals surface area contributed by atoms with Gasteiger partial charge in [0.2, 0.25) is 17.5 Å². The molecular weight excluding hydrogens is 308 g/mol. The van der Waals surface area contributed by atoms with Gasteiger partial charge in [-0.3, -0.25) is 0 Å². The summed E-state index contributed by atoms with van der Waals surface area (Å²) in [6, 6.07) is 6.36. The van der Waals surface area contributed by atoms with Crippen molar-refractivity contribution >= 4 is 11.6 Å². The molecule has 2 rings (SSSR count). The number of hydrogen-bond donors (Lipinski definition) is 1. The number of rotatable bonds is 5. The van der Waals surface area contributed by atoms with E-state index in [1.807, 2.05) is 0 Å². The van der Waals surface area contributed by atoms with Gasteiger partial charge in [-0.25, -0.2) is 4.98 Å². The number of nitrogens with zero attached hydrogens (tertiary/aromatic N) is 2. The van der Waals surface area contributed by atoms with E-state index >= 15 is 0 Å². The monoisotopic (exact) mass is 324 g/mol. The molecule has 2 aromatic heterocycles. The second-order valence-electron chi connectivity index (χ2n) is 4.61. The number of halogens is 1. The van der Waals surface area contributed by atoms with Gasteiger partial charge in [0, 0.05) is 36.1 Å². The summed E-state index contributed by atoms with van der Waals surface area (Å²) in [6.07, 6.45) is 0. The summed E-state index contributed by atoms with van der Waals surface area (Å²) in [7, 11) is 4.35. The molecule has 0 aliphatic carbocycles. The summed E-state index contributed by atoms with van der Waals surface area (Å²) in [5.74, 6) is -1.15. The number of aromatic nitrogens is 2. The lowest BCUT2D eigenvalue weighted by molar-refractivity contribution is -0.160. The maximum Gasteiger partial charge on any atom is 0.220 e. The van der Waals surface area contributed by atoms with Crippen molar-refractivity contribution in [1.29, 1.82) is 0 Å². The van der Waals surface area contributed by atoms with Crippen LogP contribution < -0.4 is 9.47 Å². The molecule has 0 bridgehead atoms. The van der Waals surface area contributed by atoms with Gasteiger partial charge < -0.3 is 19.3 Å². The van der Waals surface area contributed by atoms with E-state index in [0.717, 1.165) is 0 Å². The highest BCUT2D eigenvalue weighted by atomic mass is 35.5. The molecule has 1 N–H and O–H groups in total. The van der Waals surface area contributed by atoms with Crippen molar-refractivity contribution in [3.05, 3.63) is 46.2 Å². The van der Waals surface area contributed by atoms with Gasteiger partial charge in [0.15, 0.2) is 0 Å². The fourth-order valence-corrected chi connectivity index (χ4v) is 2.36. The largest absolute Gasteiger partial charge is 0.481 e. The van der Waals surface area contributed by atoms with Gasteiger partial charge in [-0.05, 0) is 19.1 Å². The average molecular weight is 325 g/mol. The smallest absolute Gasteiger partial charge is 0.220 e. The van der Waals surface area contributed by atoms with Crippen LogP contribution in [0.4, 0.5) is 0 Å². The Hall–Kier alpha value is -1.89.